The number of hydrogen-bond donors (Lipinski definition) is 2. The summed E-state index contributed by atoms with van der Waals surface area (Å²) in [5, 5.41) is 12.4. The van der Waals surface area contributed by atoms with Crippen LogP contribution in [0.15, 0.2) is 24.3 Å². The Labute approximate surface area is 136 Å². The van der Waals surface area contributed by atoms with Gasteiger partial charge < -0.3 is 10.4 Å². The molecular weight excluding hydrogens is 315 g/mol. The van der Waals surface area contributed by atoms with Gasteiger partial charge in [0.05, 0.1) is 12.0 Å². The average molecular weight is 330 g/mol. The van der Waals surface area contributed by atoms with Crippen LogP contribution < -0.4 is 5.32 Å². The van der Waals surface area contributed by atoms with E-state index < -0.39 is 23.0 Å². The molecule has 1 aliphatic heterocycles. The van der Waals surface area contributed by atoms with E-state index in [1.165, 1.54) is 24.3 Å². The molecule has 1 unspecified atom stereocenters. The van der Waals surface area contributed by atoms with Crippen LogP contribution in [-0.2, 0) is 16.1 Å². The van der Waals surface area contributed by atoms with Gasteiger partial charge in [0.15, 0.2) is 0 Å². The molecule has 1 aromatic carbocycles. The Morgan fingerprint density at radius 2 is 2.04 bits per heavy atom. The minimum atomic E-state index is -1.04. The first-order chi connectivity index (χ1) is 11.4. The molecule has 0 aromatic heterocycles. The Kier molecular flexibility index (Phi) is 2.30. The van der Waals surface area contributed by atoms with Crippen LogP contribution in [0.4, 0.5) is 9.18 Å². The lowest BCUT2D eigenvalue weighted by atomic mass is 9.88. The molecule has 4 saturated carbocycles. The van der Waals surface area contributed by atoms with Gasteiger partial charge in [-0.05, 0) is 42.4 Å². The smallest absolute Gasteiger partial charge is 0.325 e. The summed E-state index contributed by atoms with van der Waals surface area (Å²) in [5.41, 5.74) is -1.21. The topological polar surface area (TPSA) is 86.7 Å². The van der Waals surface area contributed by atoms with E-state index in [1.54, 1.807) is 0 Å². The van der Waals surface area contributed by atoms with E-state index in [0.717, 1.165) is 4.90 Å². The zero-order valence-electron chi connectivity index (χ0n) is 12.7. The maximum absolute atomic E-state index is 13.0. The number of carbonyl (C=O) groups is 3. The van der Waals surface area contributed by atoms with Gasteiger partial charge in [-0.25, -0.2) is 9.18 Å². The molecular formula is C17H15FN2O4. The molecule has 24 heavy (non-hydrogen) atoms. The van der Waals surface area contributed by atoms with Crippen LogP contribution in [0.1, 0.15) is 18.4 Å². The van der Waals surface area contributed by atoms with Crippen LogP contribution >= 0.6 is 0 Å². The van der Waals surface area contributed by atoms with Crippen molar-refractivity contribution in [1.29, 1.82) is 0 Å². The summed E-state index contributed by atoms with van der Waals surface area (Å²) in [7, 11) is 0. The fraction of sp³-hybridized carbons (Fsp3) is 0.471. The summed E-state index contributed by atoms with van der Waals surface area (Å²) in [5.74, 6) is -1.95. The van der Waals surface area contributed by atoms with Gasteiger partial charge >= 0.3 is 12.0 Å². The molecule has 6 rings (SSSR count). The Morgan fingerprint density at radius 3 is 2.62 bits per heavy atom. The van der Waals surface area contributed by atoms with E-state index in [1.807, 2.05) is 0 Å². The highest BCUT2D eigenvalue weighted by Gasteiger charge is 2.91. The largest absolute Gasteiger partial charge is 0.481 e. The molecule has 5 atom stereocenters. The normalized spacial score (nSPS) is 41.2. The maximum Gasteiger partial charge on any atom is 0.325 e. The number of rotatable bonds is 3. The van der Waals surface area contributed by atoms with E-state index in [4.69, 9.17) is 0 Å². The minimum Gasteiger partial charge on any atom is -0.481 e. The number of carboxylic acid groups (broad SMARTS) is 1. The Morgan fingerprint density at radius 1 is 1.33 bits per heavy atom. The Hall–Kier alpha value is -2.44. The highest BCUT2D eigenvalue weighted by Crippen LogP contribution is 2.83. The molecule has 124 valence electrons. The highest BCUT2D eigenvalue weighted by molar-refractivity contribution is 6.09. The number of halogens is 1. The van der Waals surface area contributed by atoms with Crippen LogP contribution in [-0.4, -0.2) is 33.5 Å². The molecule has 1 aromatic rings. The fourth-order valence-corrected chi connectivity index (χ4v) is 5.66. The summed E-state index contributed by atoms with van der Waals surface area (Å²) < 4.78 is 13.0. The molecule has 1 saturated heterocycles. The van der Waals surface area contributed by atoms with E-state index in [0.29, 0.717) is 18.4 Å². The first-order valence-electron chi connectivity index (χ1n) is 8.03. The average Bonchev–Trinajstić information content (AvgIpc) is 2.88. The molecule has 7 heteroatoms. The number of nitrogens with zero attached hydrogens (tertiary/aromatic N) is 1. The predicted molar refractivity (Wildman–Crippen MR) is 78.0 cm³/mol. The first kappa shape index (κ1) is 13.9. The van der Waals surface area contributed by atoms with Gasteiger partial charge in [0, 0.05) is 5.92 Å². The molecule has 0 radical (unpaired) electrons. The van der Waals surface area contributed by atoms with Crippen molar-refractivity contribution >= 4 is 17.9 Å². The molecule has 2 N–H and O–H groups in total. The molecule has 1 heterocycles. The van der Waals surface area contributed by atoms with Crippen molar-refractivity contribution < 1.29 is 23.9 Å². The molecule has 5 fully saturated rings. The molecule has 6 nitrogen and oxygen atoms in total. The fourth-order valence-electron chi connectivity index (χ4n) is 5.66. The number of carboxylic acids is 1. The van der Waals surface area contributed by atoms with Crippen molar-refractivity contribution in [2.45, 2.75) is 24.9 Å². The molecule has 1 spiro atoms. The molecule has 4 aliphatic carbocycles. The highest BCUT2D eigenvalue weighted by atomic mass is 19.1. The van der Waals surface area contributed by atoms with Crippen LogP contribution in [0.2, 0.25) is 0 Å². The Balaban J connectivity index is 1.46. The number of aliphatic carboxylic acids is 1. The number of benzene rings is 1. The van der Waals surface area contributed by atoms with Crippen molar-refractivity contribution in [2.24, 2.45) is 23.2 Å². The van der Waals surface area contributed by atoms with Gasteiger partial charge in [0.25, 0.3) is 5.91 Å². The number of urea groups is 1. The second-order valence-corrected chi connectivity index (χ2v) is 7.38. The molecule has 5 aliphatic rings. The van der Waals surface area contributed by atoms with E-state index in [9.17, 15) is 23.9 Å². The summed E-state index contributed by atoms with van der Waals surface area (Å²) in [6, 6.07) is 5.16. The van der Waals surface area contributed by atoms with Gasteiger partial charge in [0.2, 0.25) is 0 Å². The third-order valence-corrected chi connectivity index (χ3v) is 6.58. The first-order valence-corrected chi connectivity index (χ1v) is 8.03. The lowest BCUT2D eigenvalue weighted by molar-refractivity contribution is -0.143. The summed E-state index contributed by atoms with van der Waals surface area (Å²) in [6.07, 6.45) is 1.15. The van der Waals surface area contributed by atoms with Crippen molar-refractivity contribution in [3.63, 3.8) is 0 Å². The van der Waals surface area contributed by atoms with Crippen LogP contribution in [0.5, 0.6) is 0 Å². The van der Waals surface area contributed by atoms with Crippen molar-refractivity contribution in [1.82, 2.24) is 10.2 Å². The van der Waals surface area contributed by atoms with E-state index in [2.05, 4.69) is 5.32 Å². The van der Waals surface area contributed by atoms with Crippen molar-refractivity contribution in [2.75, 3.05) is 0 Å². The standard InChI is InChI=1S/C17H15FN2O4/c18-10-3-1-8(2-4-10)7-20-13(21)17(19-15(20)24)9-5-11-12(17)16(11,6-9)14(22)23/h1-4,9,11-12H,5-7H2,(H,19,24)(H,22,23)/t9-,11-,12+,16+,17?/m1/s1. The lowest BCUT2D eigenvalue weighted by Crippen LogP contribution is -2.50. The number of amides is 3. The van der Waals surface area contributed by atoms with Gasteiger partial charge in [-0.3, -0.25) is 14.5 Å². The number of hydrogen-bond acceptors (Lipinski definition) is 3. The number of imide groups is 1. The van der Waals surface area contributed by atoms with E-state index >= 15 is 0 Å². The second kappa shape index (κ2) is 3.96. The van der Waals surface area contributed by atoms with Crippen molar-refractivity contribution in [3.8, 4) is 0 Å². The van der Waals surface area contributed by atoms with Gasteiger partial charge in [0.1, 0.15) is 11.4 Å². The third-order valence-electron chi connectivity index (χ3n) is 6.58. The van der Waals surface area contributed by atoms with Gasteiger partial charge in [-0.15, -0.1) is 0 Å². The zero-order chi connectivity index (χ0) is 16.9. The quantitative estimate of drug-likeness (QED) is 0.819. The Bertz CT molecular complexity index is 809. The lowest BCUT2D eigenvalue weighted by Gasteiger charge is -2.25. The van der Waals surface area contributed by atoms with E-state index in [-0.39, 0.29) is 36.0 Å². The molecule has 4 bridgehead atoms. The number of carbonyl (C=O) groups excluding carboxylic acids is 2. The summed E-state index contributed by atoms with van der Waals surface area (Å²) in [4.78, 5) is 38.2. The minimum absolute atomic E-state index is 0.00461. The van der Waals surface area contributed by atoms with Crippen LogP contribution in [0, 0.1) is 29.0 Å². The monoisotopic (exact) mass is 330 g/mol. The number of nitrogens with one attached hydrogen (secondary N) is 1. The summed E-state index contributed by atoms with van der Waals surface area (Å²) >= 11 is 0. The summed E-state index contributed by atoms with van der Waals surface area (Å²) in [6.45, 7) is 0.0663. The second-order valence-electron chi connectivity index (χ2n) is 7.38. The molecule has 3 amide bonds. The third kappa shape index (κ3) is 1.32. The zero-order valence-corrected chi connectivity index (χ0v) is 12.7. The van der Waals surface area contributed by atoms with Gasteiger partial charge in [-0.1, -0.05) is 12.1 Å². The van der Waals surface area contributed by atoms with Crippen LogP contribution in [0.3, 0.4) is 0 Å². The predicted octanol–water partition coefficient (Wildman–Crippen LogP) is 1.36. The van der Waals surface area contributed by atoms with Gasteiger partial charge in [-0.2, -0.15) is 0 Å². The SMILES string of the molecule is O=C1NC2(C(=O)N1Cc1ccc(F)cc1)[C@@H]1C[C@@H]3[C@H]2[C@]3(C(=O)O)C1. The maximum atomic E-state index is 13.0. The van der Waals surface area contributed by atoms with Crippen LogP contribution in [0.25, 0.3) is 0 Å². The van der Waals surface area contributed by atoms with Crippen molar-refractivity contribution in [3.05, 3.63) is 35.6 Å².